The molecule has 0 radical (unpaired) electrons. The van der Waals surface area contributed by atoms with Crippen molar-refractivity contribution in [3.8, 4) is 0 Å². The number of nitrogens with one attached hydrogen (secondary N) is 1. The molecule has 1 amide bonds. The van der Waals surface area contributed by atoms with Crippen LogP contribution < -0.4 is 11.1 Å². The van der Waals surface area contributed by atoms with E-state index in [9.17, 15) is 9.18 Å². The summed E-state index contributed by atoms with van der Waals surface area (Å²) in [4.78, 5) is 15.9. The van der Waals surface area contributed by atoms with Gasteiger partial charge in [-0.25, -0.2) is 9.37 Å². The standard InChI is InChI=1S/C13H14FN3O2/c1-2-9-6-16-12(19-9)7-17-13(18)10-4-3-8(14)5-11(10)15/h3-6H,2,7,15H2,1H3,(H,17,18). The number of carbonyl (C=O) groups excluding carboxylic acids is 1. The average Bonchev–Trinajstić information content (AvgIpc) is 2.84. The minimum absolute atomic E-state index is 0.0964. The Hall–Kier alpha value is -2.37. The molecule has 0 bridgehead atoms. The van der Waals surface area contributed by atoms with Gasteiger partial charge in [-0.1, -0.05) is 6.92 Å². The second-order valence-electron chi connectivity index (χ2n) is 3.99. The topological polar surface area (TPSA) is 81.2 Å². The zero-order valence-electron chi connectivity index (χ0n) is 10.4. The van der Waals surface area contributed by atoms with Gasteiger partial charge in [-0.15, -0.1) is 0 Å². The Morgan fingerprint density at radius 2 is 2.32 bits per heavy atom. The van der Waals surface area contributed by atoms with Crippen LogP contribution in [0.5, 0.6) is 0 Å². The van der Waals surface area contributed by atoms with Gasteiger partial charge < -0.3 is 15.5 Å². The van der Waals surface area contributed by atoms with Crippen molar-refractivity contribution in [2.24, 2.45) is 0 Å². The van der Waals surface area contributed by atoms with Crippen molar-refractivity contribution in [3.05, 3.63) is 47.4 Å². The van der Waals surface area contributed by atoms with Gasteiger partial charge in [0.25, 0.3) is 5.91 Å². The molecule has 2 rings (SSSR count). The van der Waals surface area contributed by atoms with Crippen molar-refractivity contribution in [2.45, 2.75) is 19.9 Å². The molecule has 5 nitrogen and oxygen atoms in total. The summed E-state index contributed by atoms with van der Waals surface area (Å²) >= 11 is 0. The quantitative estimate of drug-likeness (QED) is 0.825. The summed E-state index contributed by atoms with van der Waals surface area (Å²) in [6.45, 7) is 2.11. The van der Waals surface area contributed by atoms with E-state index < -0.39 is 11.7 Å². The van der Waals surface area contributed by atoms with Gasteiger partial charge in [0.2, 0.25) is 5.89 Å². The second kappa shape index (κ2) is 5.51. The molecular weight excluding hydrogens is 249 g/mol. The first kappa shape index (κ1) is 13.1. The molecule has 0 aliphatic carbocycles. The summed E-state index contributed by atoms with van der Waals surface area (Å²) in [5.74, 6) is 0.305. The van der Waals surface area contributed by atoms with Crippen LogP contribution in [-0.4, -0.2) is 10.9 Å². The van der Waals surface area contributed by atoms with Crippen LogP contribution in [-0.2, 0) is 13.0 Å². The number of amides is 1. The molecule has 0 fully saturated rings. The van der Waals surface area contributed by atoms with E-state index in [0.29, 0.717) is 5.89 Å². The summed E-state index contributed by atoms with van der Waals surface area (Å²) in [6, 6.07) is 3.63. The molecule has 0 unspecified atom stereocenters. The van der Waals surface area contributed by atoms with E-state index in [4.69, 9.17) is 10.2 Å². The number of anilines is 1. The number of rotatable bonds is 4. The third kappa shape index (κ3) is 3.09. The lowest BCUT2D eigenvalue weighted by Gasteiger charge is -2.05. The van der Waals surface area contributed by atoms with Gasteiger partial charge in [-0.2, -0.15) is 0 Å². The number of hydrogen-bond acceptors (Lipinski definition) is 4. The molecule has 0 aliphatic heterocycles. The fourth-order valence-electron chi connectivity index (χ4n) is 1.58. The number of aromatic nitrogens is 1. The van der Waals surface area contributed by atoms with Crippen LogP contribution in [0.4, 0.5) is 10.1 Å². The SMILES string of the molecule is CCc1cnc(CNC(=O)c2ccc(F)cc2N)o1. The lowest BCUT2D eigenvalue weighted by atomic mass is 10.1. The minimum Gasteiger partial charge on any atom is -0.444 e. The normalized spacial score (nSPS) is 10.4. The maximum Gasteiger partial charge on any atom is 0.253 e. The molecule has 1 aromatic heterocycles. The molecule has 100 valence electrons. The number of hydrogen-bond donors (Lipinski definition) is 2. The molecule has 1 aromatic carbocycles. The molecule has 0 saturated heterocycles. The Kier molecular flexibility index (Phi) is 3.79. The number of carbonyl (C=O) groups is 1. The number of nitrogens with zero attached hydrogens (tertiary/aromatic N) is 1. The lowest BCUT2D eigenvalue weighted by Crippen LogP contribution is -2.24. The number of oxazole rings is 1. The summed E-state index contributed by atoms with van der Waals surface area (Å²) < 4.78 is 18.2. The number of benzene rings is 1. The van der Waals surface area contributed by atoms with Crippen LogP contribution in [0.2, 0.25) is 0 Å². The number of nitrogens with two attached hydrogens (primary N) is 1. The number of halogens is 1. The number of nitrogen functional groups attached to an aromatic ring is 1. The van der Waals surface area contributed by atoms with E-state index in [1.54, 1.807) is 6.20 Å². The van der Waals surface area contributed by atoms with E-state index in [0.717, 1.165) is 18.2 Å². The fourth-order valence-corrected chi connectivity index (χ4v) is 1.58. The molecule has 19 heavy (non-hydrogen) atoms. The Balaban J connectivity index is 2.01. The van der Waals surface area contributed by atoms with Crippen molar-refractivity contribution in [2.75, 3.05) is 5.73 Å². The van der Waals surface area contributed by atoms with Crippen LogP contribution >= 0.6 is 0 Å². The molecule has 3 N–H and O–H groups in total. The van der Waals surface area contributed by atoms with E-state index in [1.165, 1.54) is 12.1 Å². The highest BCUT2D eigenvalue weighted by Crippen LogP contribution is 2.13. The van der Waals surface area contributed by atoms with E-state index >= 15 is 0 Å². The Labute approximate surface area is 109 Å². The van der Waals surface area contributed by atoms with Crippen molar-refractivity contribution in [1.82, 2.24) is 10.3 Å². The molecule has 0 atom stereocenters. The highest BCUT2D eigenvalue weighted by molar-refractivity contribution is 5.98. The summed E-state index contributed by atoms with van der Waals surface area (Å²) in [6.07, 6.45) is 2.36. The maximum atomic E-state index is 12.9. The van der Waals surface area contributed by atoms with Crippen molar-refractivity contribution in [3.63, 3.8) is 0 Å². The minimum atomic E-state index is -0.477. The molecule has 0 saturated carbocycles. The molecule has 2 aromatic rings. The van der Waals surface area contributed by atoms with E-state index in [2.05, 4.69) is 10.3 Å². The van der Waals surface area contributed by atoms with Gasteiger partial charge in [0.1, 0.15) is 11.6 Å². The summed E-state index contributed by atoms with van der Waals surface area (Å²) in [7, 11) is 0. The zero-order valence-corrected chi connectivity index (χ0v) is 10.4. The molecular formula is C13H14FN3O2. The highest BCUT2D eigenvalue weighted by Gasteiger charge is 2.11. The van der Waals surface area contributed by atoms with Crippen LogP contribution in [0.15, 0.2) is 28.8 Å². The third-order valence-electron chi connectivity index (χ3n) is 2.61. The Morgan fingerprint density at radius 1 is 1.53 bits per heavy atom. The predicted octanol–water partition coefficient (Wildman–Crippen LogP) is 1.89. The van der Waals surface area contributed by atoms with Gasteiger partial charge in [0.15, 0.2) is 0 Å². The molecule has 0 aliphatic rings. The first-order chi connectivity index (χ1) is 9.10. The van der Waals surface area contributed by atoms with Crippen LogP contribution in [0.1, 0.15) is 28.9 Å². The van der Waals surface area contributed by atoms with Gasteiger partial charge in [0.05, 0.1) is 18.3 Å². The first-order valence-corrected chi connectivity index (χ1v) is 5.87. The van der Waals surface area contributed by atoms with Crippen molar-refractivity contribution in [1.29, 1.82) is 0 Å². The van der Waals surface area contributed by atoms with Gasteiger partial charge >= 0.3 is 0 Å². The Bertz CT molecular complexity index is 595. The smallest absolute Gasteiger partial charge is 0.253 e. The van der Waals surface area contributed by atoms with Crippen LogP contribution in [0.3, 0.4) is 0 Å². The largest absolute Gasteiger partial charge is 0.444 e. The van der Waals surface area contributed by atoms with E-state index in [-0.39, 0.29) is 17.8 Å². The summed E-state index contributed by atoms with van der Waals surface area (Å²) in [5, 5.41) is 2.62. The van der Waals surface area contributed by atoms with Gasteiger partial charge in [-0.3, -0.25) is 4.79 Å². The second-order valence-corrected chi connectivity index (χ2v) is 3.99. The predicted molar refractivity (Wildman–Crippen MR) is 67.9 cm³/mol. The Morgan fingerprint density at radius 3 is 2.95 bits per heavy atom. The first-order valence-electron chi connectivity index (χ1n) is 5.87. The van der Waals surface area contributed by atoms with Crippen molar-refractivity contribution < 1.29 is 13.6 Å². The van der Waals surface area contributed by atoms with Crippen LogP contribution in [0.25, 0.3) is 0 Å². The maximum absolute atomic E-state index is 12.9. The fraction of sp³-hybridized carbons (Fsp3) is 0.231. The molecule has 1 heterocycles. The zero-order chi connectivity index (χ0) is 13.8. The molecule has 0 spiro atoms. The summed E-state index contributed by atoms with van der Waals surface area (Å²) in [5.41, 5.74) is 5.90. The lowest BCUT2D eigenvalue weighted by molar-refractivity contribution is 0.0948. The van der Waals surface area contributed by atoms with Gasteiger partial charge in [-0.05, 0) is 18.2 Å². The van der Waals surface area contributed by atoms with Crippen molar-refractivity contribution >= 4 is 11.6 Å². The molecule has 6 heteroatoms. The average molecular weight is 263 g/mol. The van der Waals surface area contributed by atoms with Crippen LogP contribution in [0, 0.1) is 5.82 Å². The third-order valence-corrected chi connectivity index (χ3v) is 2.61. The highest BCUT2D eigenvalue weighted by atomic mass is 19.1. The number of aryl methyl sites for hydroxylation is 1. The van der Waals surface area contributed by atoms with E-state index in [1.807, 2.05) is 6.92 Å². The monoisotopic (exact) mass is 263 g/mol. The van der Waals surface area contributed by atoms with Gasteiger partial charge in [0, 0.05) is 12.1 Å².